The Kier molecular flexibility index (Phi) is 4.16. The number of rotatable bonds is 6. The van der Waals surface area contributed by atoms with Gasteiger partial charge in [0.15, 0.2) is 5.69 Å². The number of aliphatic hydroxyl groups is 1. The molecule has 2 heterocycles. The van der Waals surface area contributed by atoms with E-state index < -0.39 is 5.54 Å². The minimum Gasteiger partial charge on any atom is -0.396 e. The van der Waals surface area contributed by atoms with E-state index in [2.05, 4.69) is 20.9 Å². The first kappa shape index (κ1) is 14.0. The lowest BCUT2D eigenvalue weighted by Crippen LogP contribution is -2.46. The van der Waals surface area contributed by atoms with Crippen molar-refractivity contribution in [3.8, 4) is 0 Å². The van der Waals surface area contributed by atoms with Crippen LogP contribution in [0.5, 0.6) is 0 Å². The standard InChI is InChI=1S/C12H21N5O2/c1-3-12(2,4-5-18)14-11(19)10-8-17(16-15-10)9-6-13-7-9/h8-9,13,18H,3-7H2,1-2H3,(H,14,19). The Morgan fingerprint density at radius 1 is 1.68 bits per heavy atom. The average molecular weight is 267 g/mol. The van der Waals surface area contributed by atoms with Crippen LogP contribution in [0.3, 0.4) is 0 Å². The Morgan fingerprint density at radius 3 is 2.95 bits per heavy atom. The molecule has 1 aromatic rings. The summed E-state index contributed by atoms with van der Waals surface area (Å²) in [5, 5.41) is 23.0. The van der Waals surface area contributed by atoms with Gasteiger partial charge in [-0.05, 0) is 19.8 Å². The Morgan fingerprint density at radius 2 is 2.42 bits per heavy atom. The molecule has 0 saturated carbocycles. The third-order valence-electron chi connectivity index (χ3n) is 3.74. The number of nitrogens with zero attached hydrogens (tertiary/aromatic N) is 3. The minimum atomic E-state index is -0.409. The Labute approximate surface area is 112 Å². The fourth-order valence-corrected chi connectivity index (χ4v) is 1.93. The van der Waals surface area contributed by atoms with Crippen LogP contribution in [-0.4, -0.2) is 51.2 Å². The van der Waals surface area contributed by atoms with Crippen LogP contribution < -0.4 is 10.6 Å². The van der Waals surface area contributed by atoms with Gasteiger partial charge in [-0.2, -0.15) is 0 Å². The highest BCUT2D eigenvalue weighted by Crippen LogP contribution is 2.15. The van der Waals surface area contributed by atoms with Crippen molar-refractivity contribution >= 4 is 5.91 Å². The highest BCUT2D eigenvalue weighted by atomic mass is 16.3. The average Bonchev–Trinajstić information content (AvgIpc) is 2.76. The Hall–Kier alpha value is -1.47. The quantitative estimate of drug-likeness (QED) is 0.658. The third kappa shape index (κ3) is 3.10. The third-order valence-corrected chi connectivity index (χ3v) is 3.74. The summed E-state index contributed by atoms with van der Waals surface area (Å²) in [5.41, 5.74) is -0.0855. The molecule has 1 amide bonds. The number of hydrogen-bond donors (Lipinski definition) is 3. The second-order valence-corrected chi connectivity index (χ2v) is 5.24. The second kappa shape index (κ2) is 5.66. The van der Waals surface area contributed by atoms with Crippen LogP contribution in [0.25, 0.3) is 0 Å². The van der Waals surface area contributed by atoms with Gasteiger partial charge in [0.1, 0.15) is 0 Å². The molecule has 2 rings (SSSR count). The lowest BCUT2D eigenvalue weighted by molar-refractivity contribution is 0.0881. The van der Waals surface area contributed by atoms with E-state index in [1.807, 2.05) is 13.8 Å². The summed E-state index contributed by atoms with van der Waals surface area (Å²) in [7, 11) is 0. The van der Waals surface area contributed by atoms with Crippen LogP contribution in [0.1, 0.15) is 43.2 Å². The number of hydrogen-bond acceptors (Lipinski definition) is 5. The SMILES string of the molecule is CCC(C)(CCO)NC(=O)c1cn(C2CNC2)nn1. The maximum atomic E-state index is 12.1. The molecule has 1 unspecified atom stereocenters. The number of nitrogens with one attached hydrogen (secondary N) is 2. The zero-order valence-electron chi connectivity index (χ0n) is 11.4. The maximum absolute atomic E-state index is 12.1. The fourth-order valence-electron chi connectivity index (χ4n) is 1.93. The van der Waals surface area contributed by atoms with Crippen LogP contribution in [-0.2, 0) is 0 Å². The van der Waals surface area contributed by atoms with Gasteiger partial charge in [-0.1, -0.05) is 12.1 Å². The fraction of sp³-hybridized carbons (Fsp3) is 0.750. The summed E-state index contributed by atoms with van der Waals surface area (Å²) in [5.74, 6) is -0.240. The summed E-state index contributed by atoms with van der Waals surface area (Å²) < 4.78 is 1.72. The van der Waals surface area contributed by atoms with Gasteiger partial charge in [-0.3, -0.25) is 4.79 Å². The van der Waals surface area contributed by atoms with Gasteiger partial charge in [0, 0.05) is 25.2 Å². The maximum Gasteiger partial charge on any atom is 0.273 e. The van der Waals surface area contributed by atoms with Gasteiger partial charge in [0.25, 0.3) is 5.91 Å². The normalized spacial score (nSPS) is 18.7. The number of aliphatic hydroxyl groups excluding tert-OH is 1. The topological polar surface area (TPSA) is 92.1 Å². The van der Waals surface area contributed by atoms with Crippen molar-refractivity contribution < 1.29 is 9.90 Å². The van der Waals surface area contributed by atoms with Crippen molar-refractivity contribution in [3.63, 3.8) is 0 Å². The second-order valence-electron chi connectivity index (χ2n) is 5.24. The van der Waals surface area contributed by atoms with Crippen molar-refractivity contribution in [3.05, 3.63) is 11.9 Å². The molecule has 1 aliphatic heterocycles. The van der Waals surface area contributed by atoms with Crippen molar-refractivity contribution in [1.29, 1.82) is 0 Å². The van der Waals surface area contributed by atoms with E-state index in [1.165, 1.54) is 0 Å². The predicted octanol–water partition coefficient (Wildman–Crippen LogP) is -0.297. The Bertz CT molecular complexity index is 443. The minimum absolute atomic E-state index is 0.0467. The van der Waals surface area contributed by atoms with Crippen LogP contribution in [0.4, 0.5) is 0 Å². The summed E-state index contributed by atoms with van der Waals surface area (Å²) in [6, 6.07) is 0.295. The summed E-state index contributed by atoms with van der Waals surface area (Å²) in [6.07, 6.45) is 2.95. The first-order valence-electron chi connectivity index (χ1n) is 6.64. The molecule has 7 nitrogen and oxygen atoms in total. The van der Waals surface area contributed by atoms with E-state index in [0.717, 1.165) is 19.5 Å². The number of carbonyl (C=O) groups is 1. The molecule has 1 aromatic heterocycles. The first-order valence-corrected chi connectivity index (χ1v) is 6.64. The molecule has 0 spiro atoms. The van der Waals surface area contributed by atoms with E-state index in [-0.39, 0.29) is 12.5 Å². The monoisotopic (exact) mass is 267 g/mol. The van der Waals surface area contributed by atoms with Crippen molar-refractivity contribution in [2.24, 2.45) is 0 Å². The molecule has 1 fully saturated rings. The predicted molar refractivity (Wildman–Crippen MR) is 69.8 cm³/mol. The van der Waals surface area contributed by atoms with Gasteiger partial charge in [-0.25, -0.2) is 4.68 Å². The number of aromatic nitrogens is 3. The number of carbonyl (C=O) groups excluding carboxylic acids is 1. The van der Waals surface area contributed by atoms with Crippen molar-refractivity contribution in [2.75, 3.05) is 19.7 Å². The smallest absolute Gasteiger partial charge is 0.273 e. The summed E-state index contributed by atoms with van der Waals surface area (Å²) >= 11 is 0. The molecule has 106 valence electrons. The molecule has 0 radical (unpaired) electrons. The van der Waals surface area contributed by atoms with Gasteiger partial charge in [0.2, 0.25) is 0 Å². The van der Waals surface area contributed by atoms with Gasteiger partial charge in [-0.15, -0.1) is 5.10 Å². The highest BCUT2D eigenvalue weighted by Gasteiger charge is 2.27. The molecule has 1 aliphatic rings. The van der Waals surface area contributed by atoms with Crippen LogP contribution in [0.2, 0.25) is 0 Å². The lowest BCUT2D eigenvalue weighted by Gasteiger charge is -2.28. The molecule has 7 heteroatoms. The van der Waals surface area contributed by atoms with Gasteiger partial charge < -0.3 is 15.7 Å². The molecular formula is C12H21N5O2. The van der Waals surface area contributed by atoms with E-state index in [9.17, 15) is 4.79 Å². The van der Waals surface area contributed by atoms with Crippen LogP contribution >= 0.6 is 0 Å². The van der Waals surface area contributed by atoms with Gasteiger partial charge in [0.05, 0.1) is 12.2 Å². The summed E-state index contributed by atoms with van der Waals surface area (Å²) in [4.78, 5) is 12.1. The lowest BCUT2D eigenvalue weighted by atomic mass is 9.95. The zero-order valence-corrected chi connectivity index (χ0v) is 11.4. The van der Waals surface area contributed by atoms with Crippen LogP contribution in [0, 0.1) is 0 Å². The van der Waals surface area contributed by atoms with E-state index >= 15 is 0 Å². The molecule has 0 aromatic carbocycles. The molecule has 3 N–H and O–H groups in total. The first-order chi connectivity index (χ1) is 9.08. The Balaban J connectivity index is 2.00. The van der Waals surface area contributed by atoms with E-state index in [0.29, 0.717) is 18.2 Å². The van der Waals surface area contributed by atoms with Crippen LogP contribution in [0.15, 0.2) is 6.20 Å². The van der Waals surface area contributed by atoms with Crippen molar-refractivity contribution in [2.45, 2.75) is 38.3 Å². The molecule has 0 bridgehead atoms. The molecule has 0 aliphatic carbocycles. The van der Waals surface area contributed by atoms with E-state index in [4.69, 9.17) is 5.11 Å². The molecular weight excluding hydrogens is 246 g/mol. The van der Waals surface area contributed by atoms with Gasteiger partial charge >= 0.3 is 0 Å². The zero-order chi connectivity index (χ0) is 13.9. The van der Waals surface area contributed by atoms with Crippen molar-refractivity contribution in [1.82, 2.24) is 25.6 Å². The largest absolute Gasteiger partial charge is 0.396 e. The van der Waals surface area contributed by atoms with E-state index in [1.54, 1.807) is 10.9 Å². The molecule has 1 atom stereocenters. The summed E-state index contributed by atoms with van der Waals surface area (Å²) in [6.45, 7) is 5.67. The number of amides is 1. The highest BCUT2D eigenvalue weighted by molar-refractivity contribution is 5.92. The molecule has 1 saturated heterocycles. The molecule has 19 heavy (non-hydrogen) atoms.